The van der Waals surface area contributed by atoms with Crippen molar-refractivity contribution >= 4 is 5.78 Å². The molecule has 2 bridgehead atoms. The van der Waals surface area contributed by atoms with Crippen LogP contribution in [0.4, 0.5) is 0 Å². The number of hydrogen-bond acceptors (Lipinski definition) is 3. The minimum Gasteiger partial charge on any atom is -0.370 e. The third-order valence-electron chi connectivity index (χ3n) is 8.11. The Morgan fingerprint density at radius 1 is 0.750 bits per heavy atom. The fourth-order valence-electron chi connectivity index (χ4n) is 7.07. The van der Waals surface area contributed by atoms with Crippen LogP contribution < -0.4 is 0 Å². The Morgan fingerprint density at radius 2 is 1.34 bits per heavy atom. The number of ether oxygens (including phenoxy) is 2. The van der Waals surface area contributed by atoms with E-state index in [4.69, 9.17) is 9.47 Å². The topological polar surface area (TPSA) is 35.5 Å². The van der Waals surface area contributed by atoms with E-state index in [2.05, 4.69) is 60.7 Å². The zero-order valence-corrected chi connectivity index (χ0v) is 17.7. The molecule has 1 aliphatic carbocycles. The molecule has 2 fully saturated rings. The van der Waals surface area contributed by atoms with Crippen molar-refractivity contribution in [2.75, 3.05) is 6.61 Å². The molecule has 0 aromatic heterocycles. The van der Waals surface area contributed by atoms with Crippen LogP contribution in [0.2, 0.25) is 0 Å². The van der Waals surface area contributed by atoms with Crippen molar-refractivity contribution in [2.45, 2.75) is 29.6 Å². The highest BCUT2D eigenvalue weighted by molar-refractivity contribution is 5.96. The lowest BCUT2D eigenvalue weighted by atomic mass is 9.53. The van der Waals surface area contributed by atoms with Crippen LogP contribution in [0.5, 0.6) is 0 Å². The first kappa shape index (κ1) is 18.6. The summed E-state index contributed by atoms with van der Waals surface area (Å²) in [6.07, 6.45) is 5.71. The SMILES string of the molecule is O=C1C=C[C@]2(CCCO2)[C@@H]2[C@H]1[C@@]1(c3ccccc3)O[C@@]2(c2ccccc2)c2ccccc21. The Balaban J connectivity index is 1.62. The smallest absolute Gasteiger partial charge is 0.162 e. The highest BCUT2D eigenvalue weighted by atomic mass is 16.6. The molecule has 3 aromatic rings. The van der Waals surface area contributed by atoms with E-state index in [1.165, 1.54) is 0 Å². The van der Waals surface area contributed by atoms with Gasteiger partial charge in [0.2, 0.25) is 0 Å². The fraction of sp³-hybridized carbons (Fsp3) is 0.276. The molecule has 0 amide bonds. The number of ketones is 1. The van der Waals surface area contributed by atoms with Crippen LogP contribution in [-0.4, -0.2) is 18.0 Å². The maximum atomic E-state index is 13.7. The van der Waals surface area contributed by atoms with E-state index in [0.717, 1.165) is 35.1 Å². The van der Waals surface area contributed by atoms with Gasteiger partial charge in [-0.3, -0.25) is 4.79 Å². The van der Waals surface area contributed by atoms with E-state index in [0.29, 0.717) is 6.61 Å². The van der Waals surface area contributed by atoms with Crippen LogP contribution in [0.25, 0.3) is 0 Å². The predicted octanol–water partition coefficient (Wildman–Crippen LogP) is 5.14. The number of fused-ring (bicyclic) bond motifs is 9. The molecule has 158 valence electrons. The van der Waals surface area contributed by atoms with E-state index in [1.54, 1.807) is 6.08 Å². The lowest BCUT2D eigenvalue weighted by Gasteiger charge is -2.49. The zero-order chi connectivity index (χ0) is 21.4. The highest BCUT2D eigenvalue weighted by Gasteiger charge is 2.77. The minimum atomic E-state index is -0.834. The van der Waals surface area contributed by atoms with Gasteiger partial charge in [-0.2, -0.15) is 0 Å². The van der Waals surface area contributed by atoms with Crippen molar-refractivity contribution in [1.29, 1.82) is 0 Å². The molecule has 0 radical (unpaired) electrons. The molecule has 3 nitrogen and oxygen atoms in total. The van der Waals surface area contributed by atoms with Crippen LogP contribution in [0, 0.1) is 11.8 Å². The van der Waals surface area contributed by atoms with E-state index < -0.39 is 16.8 Å². The molecule has 3 aromatic carbocycles. The molecule has 1 spiro atoms. The van der Waals surface area contributed by atoms with E-state index in [9.17, 15) is 4.79 Å². The first-order valence-corrected chi connectivity index (χ1v) is 11.5. The predicted molar refractivity (Wildman–Crippen MR) is 121 cm³/mol. The Labute approximate surface area is 187 Å². The fourth-order valence-corrected chi connectivity index (χ4v) is 7.07. The van der Waals surface area contributed by atoms with Crippen LogP contribution in [0.3, 0.4) is 0 Å². The summed E-state index contributed by atoms with van der Waals surface area (Å²) in [4.78, 5) is 13.7. The van der Waals surface area contributed by atoms with Crippen LogP contribution in [0.1, 0.15) is 35.1 Å². The number of allylic oxidation sites excluding steroid dienone is 1. The molecule has 2 saturated heterocycles. The molecular weight excluding hydrogens is 396 g/mol. The van der Waals surface area contributed by atoms with Crippen molar-refractivity contribution in [3.63, 3.8) is 0 Å². The standard InChI is InChI=1S/C29H24O3/c30-24-16-18-27(17-9-19-31-27)26-25(24)28(20-10-3-1-4-11-20)22-14-7-8-15-23(22)29(26,32-28)21-12-5-2-6-13-21/h1-8,10-16,18,25-26H,9,17,19H2/t25-,26-,27+,28-,29-/m0/s1. The summed E-state index contributed by atoms with van der Waals surface area (Å²) >= 11 is 0. The summed E-state index contributed by atoms with van der Waals surface area (Å²) in [5.41, 5.74) is 2.31. The first-order valence-electron chi connectivity index (χ1n) is 11.5. The van der Waals surface area contributed by atoms with Gasteiger partial charge in [0, 0.05) is 12.5 Å². The minimum absolute atomic E-state index is 0.132. The molecule has 7 rings (SSSR count). The maximum absolute atomic E-state index is 13.7. The molecule has 3 heteroatoms. The summed E-state index contributed by atoms with van der Waals surface area (Å²) in [5.74, 6) is -0.345. The number of carbonyl (C=O) groups is 1. The second-order valence-corrected chi connectivity index (χ2v) is 9.45. The van der Waals surface area contributed by atoms with Crippen LogP contribution in [-0.2, 0) is 25.5 Å². The summed E-state index contributed by atoms with van der Waals surface area (Å²) in [6.45, 7) is 0.715. The number of hydrogen-bond donors (Lipinski definition) is 0. The van der Waals surface area contributed by atoms with Gasteiger partial charge in [0.15, 0.2) is 5.78 Å². The number of carbonyl (C=O) groups excluding carboxylic acids is 1. The molecule has 0 N–H and O–H groups in total. The number of benzene rings is 3. The lowest BCUT2D eigenvalue weighted by molar-refractivity contribution is -0.128. The quantitative estimate of drug-likeness (QED) is 0.576. The third-order valence-corrected chi connectivity index (χ3v) is 8.11. The average molecular weight is 421 g/mol. The van der Waals surface area contributed by atoms with Crippen LogP contribution >= 0.6 is 0 Å². The van der Waals surface area contributed by atoms with E-state index in [1.807, 2.05) is 30.3 Å². The Hall–Kier alpha value is -3.01. The van der Waals surface area contributed by atoms with Gasteiger partial charge >= 0.3 is 0 Å². The second-order valence-electron chi connectivity index (χ2n) is 9.45. The van der Waals surface area contributed by atoms with Crippen LogP contribution in [0.15, 0.2) is 97.1 Å². The molecule has 0 saturated carbocycles. The van der Waals surface area contributed by atoms with Gasteiger partial charge < -0.3 is 9.47 Å². The van der Waals surface area contributed by atoms with Gasteiger partial charge in [-0.25, -0.2) is 0 Å². The molecule has 0 unspecified atom stereocenters. The Bertz CT molecular complexity index is 1240. The summed E-state index contributed by atoms with van der Waals surface area (Å²) in [7, 11) is 0. The zero-order valence-electron chi connectivity index (χ0n) is 17.7. The first-order chi connectivity index (χ1) is 15.7. The highest BCUT2D eigenvalue weighted by Crippen LogP contribution is 2.72. The normalized spacial score (nSPS) is 36.4. The summed E-state index contributed by atoms with van der Waals surface area (Å²) < 4.78 is 13.9. The Kier molecular flexibility index (Phi) is 3.64. The molecule has 32 heavy (non-hydrogen) atoms. The molecule has 3 heterocycles. The third kappa shape index (κ3) is 2.02. The second kappa shape index (κ2) is 6.28. The van der Waals surface area contributed by atoms with Crippen molar-refractivity contribution < 1.29 is 14.3 Å². The molecule has 3 aliphatic heterocycles. The van der Waals surface area contributed by atoms with E-state index >= 15 is 0 Å². The van der Waals surface area contributed by atoms with Gasteiger partial charge in [0.05, 0.1) is 11.5 Å². The maximum Gasteiger partial charge on any atom is 0.162 e. The lowest BCUT2D eigenvalue weighted by Crippen LogP contribution is -2.56. The van der Waals surface area contributed by atoms with Crippen molar-refractivity contribution in [3.05, 3.63) is 119 Å². The molecule has 4 aliphatic rings. The van der Waals surface area contributed by atoms with Crippen molar-refractivity contribution in [2.24, 2.45) is 11.8 Å². The largest absolute Gasteiger partial charge is 0.370 e. The summed E-state index contributed by atoms with van der Waals surface area (Å²) in [5, 5.41) is 0. The number of rotatable bonds is 2. The van der Waals surface area contributed by atoms with E-state index in [-0.39, 0.29) is 17.6 Å². The molecule has 5 atom stereocenters. The van der Waals surface area contributed by atoms with Gasteiger partial charge in [-0.05, 0) is 47.2 Å². The average Bonchev–Trinajstić information content (AvgIpc) is 3.54. The summed E-state index contributed by atoms with van der Waals surface area (Å²) in [6, 6.07) is 29.2. The monoisotopic (exact) mass is 420 g/mol. The van der Waals surface area contributed by atoms with Gasteiger partial charge in [-0.15, -0.1) is 0 Å². The van der Waals surface area contributed by atoms with Gasteiger partial charge in [0.1, 0.15) is 11.2 Å². The van der Waals surface area contributed by atoms with Gasteiger partial charge in [-0.1, -0.05) is 84.9 Å². The van der Waals surface area contributed by atoms with Gasteiger partial charge in [0.25, 0.3) is 0 Å². The van der Waals surface area contributed by atoms with Crippen molar-refractivity contribution in [1.82, 2.24) is 0 Å². The molecular formula is C29H24O3. The Morgan fingerprint density at radius 3 is 1.97 bits per heavy atom. The van der Waals surface area contributed by atoms with Crippen molar-refractivity contribution in [3.8, 4) is 0 Å².